The summed E-state index contributed by atoms with van der Waals surface area (Å²) in [5.41, 5.74) is 5.68. The maximum Gasteiger partial charge on any atom is 0.256 e. The fourth-order valence-electron chi connectivity index (χ4n) is 4.26. The first kappa shape index (κ1) is 23.9. The second kappa shape index (κ2) is 9.83. The van der Waals surface area contributed by atoms with Gasteiger partial charge in [-0.05, 0) is 63.2 Å². The Labute approximate surface area is 192 Å². The molecule has 1 unspecified atom stereocenters. The summed E-state index contributed by atoms with van der Waals surface area (Å²) in [6.45, 7) is 13.1. The monoisotopic (exact) mass is 456 g/mol. The fourth-order valence-corrected chi connectivity index (χ4v) is 5.05. The normalized spacial score (nSPS) is 15.2. The first-order valence-electron chi connectivity index (χ1n) is 10.9. The molecule has 2 amide bonds. The van der Waals surface area contributed by atoms with Crippen LogP contribution >= 0.6 is 0 Å². The number of hydrogen-bond donors (Lipinski definition) is 3. The van der Waals surface area contributed by atoms with E-state index in [0.29, 0.717) is 28.3 Å². The number of aromatic nitrogens is 1. The van der Waals surface area contributed by atoms with Crippen molar-refractivity contribution in [3.8, 4) is 0 Å². The van der Waals surface area contributed by atoms with Crippen LogP contribution in [0.2, 0.25) is 0 Å². The lowest BCUT2D eigenvalue weighted by Gasteiger charge is -2.18. The molecule has 3 N–H and O–H groups in total. The molecule has 2 heterocycles. The second-order valence-electron chi connectivity index (χ2n) is 8.02. The van der Waals surface area contributed by atoms with Crippen molar-refractivity contribution in [1.82, 2.24) is 15.2 Å². The predicted molar refractivity (Wildman–Crippen MR) is 130 cm³/mol. The van der Waals surface area contributed by atoms with E-state index < -0.39 is 10.8 Å². The van der Waals surface area contributed by atoms with Crippen LogP contribution in [0.1, 0.15) is 52.3 Å². The molecule has 0 saturated heterocycles. The summed E-state index contributed by atoms with van der Waals surface area (Å²) in [6.07, 6.45) is 3.41. The average Bonchev–Trinajstić information content (AvgIpc) is 3.21. The number of carbonyl (C=O) groups excluding carboxylic acids is 2. The van der Waals surface area contributed by atoms with Gasteiger partial charge in [-0.1, -0.05) is 13.8 Å². The molecule has 1 aliphatic rings. The maximum atomic E-state index is 12.8. The van der Waals surface area contributed by atoms with Crippen LogP contribution in [0.4, 0.5) is 5.69 Å². The highest BCUT2D eigenvalue weighted by Gasteiger charge is 2.28. The largest absolute Gasteiger partial charge is 0.358 e. The molecule has 1 aromatic carbocycles. The van der Waals surface area contributed by atoms with E-state index in [4.69, 9.17) is 0 Å². The Balaban J connectivity index is 1.92. The number of H-pyrrole nitrogens is 1. The van der Waals surface area contributed by atoms with Crippen molar-refractivity contribution in [3.63, 3.8) is 0 Å². The summed E-state index contributed by atoms with van der Waals surface area (Å²) in [5.74, 6) is -0.330. The van der Waals surface area contributed by atoms with Gasteiger partial charge in [0.05, 0.1) is 21.9 Å². The molecule has 0 bridgehead atoms. The number of aryl methyl sites for hydroxylation is 1. The number of amides is 2. The highest BCUT2D eigenvalue weighted by atomic mass is 32.2. The number of fused-ring (bicyclic) bond motifs is 1. The van der Waals surface area contributed by atoms with Crippen LogP contribution in [0.5, 0.6) is 0 Å². The molecule has 0 spiro atoms. The quantitative estimate of drug-likeness (QED) is 0.532. The van der Waals surface area contributed by atoms with E-state index in [2.05, 4.69) is 34.4 Å². The van der Waals surface area contributed by atoms with Crippen molar-refractivity contribution in [2.45, 2.75) is 39.5 Å². The molecular formula is C24H32N4O3S. The number of nitrogens with zero attached hydrogens (tertiary/aromatic N) is 1. The molecule has 32 heavy (non-hydrogen) atoms. The van der Waals surface area contributed by atoms with Gasteiger partial charge < -0.3 is 20.5 Å². The average molecular weight is 457 g/mol. The Bertz CT molecular complexity index is 1110. The van der Waals surface area contributed by atoms with Gasteiger partial charge in [-0.2, -0.15) is 0 Å². The summed E-state index contributed by atoms with van der Waals surface area (Å²) in [7, 11) is -1.15. The summed E-state index contributed by atoms with van der Waals surface area (Å²) in [6, 6.07) is 3.58. The number of aromatic amines is 1. The molecule has 1 aromatic heterocycles. The van der Waals surface area contributed by atoms with E-state index in [1.165, 1.54) is 0 Å². The third-order valence-corrected chi connectivity index (χ3v) is 7.15. The number of hydrogen-bond acceptors (Lipinski definition) is 4. The number of benzene rings is 1. The molecule has 3 rings (SSSR count). The molecule has 1 atom stereocenters. The Morgan fingerprint density at radius 2 is 1.84 bits per heavy atom. The molecule has 8 heteroatoms. The zero-order chi connectivity index (χ0) is 23.6. The van der Waals surface area contributed by atoms with Crippen molar-refractivity contribution in [3.05, 3.63) is 45.8 Å². The summed E-state index contributed by atoms with van der Waals surface area (Å²) in [5, 5.41) is 5.89. The van der Waals surface area contributed by atoms with Gasteiger partial charge in [0.1, 0.15) is 0 Å². The Kier molecular flexibility index (Phi) is 7.36. The number of rotatable bonds is 8. The van der Waals surface area contributed by atoms with Gasteiger partial charge in [0, 0.05) is 46.9 Å². The topological polar surface area (TPSA) is 94.3 Å². The van der Waals surface area contributed by atoms with E-state index in [0.717, 1.165) is 47.7 Å². The minimum Gasteiger partial charge on any atom is -0.358 e. The van der Waals surface area contributed by atoms with E-state index in [1.807, 2.05) is 20.8 Å². The van der Waals surface area contributed by atoms with Crippen LogP contribution in [0.25, 0.3) is 11.6 Å². The van der Waals surface area contributed by atoms with Crippen molar-refractivity contribution in [2.24, 2.45) is 0 Å². The highest BCUT2D eigenvalue weighted by molar-refractivity contribution is 7.84. The lowest BCUT2D eigenvalue weighted by molar-refractivity contribution is -0.110. The van der Waals surface area contributed by atoms with E-state index in [9.17, 15) is 13.8 Å². The van der Waals surface area contributed by atoms with E-state index in [-0.39, 0.29) is 11.8 Å². The van der Waals surface area contributed by atoms with Crippen LogP contribution in [-0.4, -0.2) is 58.3 Å². The minimum atomic E-state index is -1.15. The smallest absolute Gasteiger partial charge is 0.256 e. The molecular weight excluding hydrogens is 424 g/mol. The van der Waals surface area contributed by atoms with Crippen molar-refractivity contribution in [2.75, 3.05) is 37.8 Å². The van der Waals surface area contributed by atoms with Gasteiger partial charge in [-0.25, -0.2) is 0 Å². The van der Waals surface area contributed by atoms with Crippen LogP contribution in [0.3, 0.4) is 0 Å². The van der Waals surface area contributed by atoms with Crippen LogP contribution in [0.15, 0.2) is 17.0 Å². The Hall–Kier alpha value is -2.71. The van der Waals surface area contributed by atoms with Gasteiger partial charge in [0.15, 0.2) is 0 Å². The van der Waals surface area contributed by atoms with Crippen LogP contribution in [0, 0.1) is 20.8 Å². The van der Waals surface area contributed by atoms with Gasteiger partial charge in [-0.15, -0.1) is 0 Å². The number of carbonyl (C=O) groups is 2. The van der Waals surface area contributed by atoms with Crippen LogP contribution < -0.4 is 10.6 Å². The Morgan fingerprint density at radius 3 is 2.47 bits per heavy atom. The SMILES string of the molecule is CCN(CC)CCNC(=O)c1c(C)[nH]c(C=C2C(=O)Nc3ccc(S(C)=O)c(C)c32)c1C. The third-order valence-electron chi connectivity index (χ3n) is 6.09. The first-order valence-corrected chi connectivity index (χ1v) is 12.4. The summed E-state index contributed by atoms with van der Waals surface area (Å²) in [4.78, 5) is 31.8. The summed E-state index contributed by atoms with van der Waals surface area (Å²) < 4.78 is 12.1. The van der Waals surface area contributed by atoms with Crippen molar-refractivity contribution >= 4 is 40.0 Å². The number of nitrogens with one attached hydrogen (secondary N) is 3. The standard InChI is InChI=1S/C24H32N4O3S/c1-7-28(8-2)12-11-25-24(30)21-14(3)19(26-16(21)5)13-17-22-15(4)20(32(6)31)10-9-18(22)27-23(17)29/h9-10,13,26H,7-8,11-12H2,1-6H3,(H,25,30)(H,27,29). The van der Waals surface area contributed by atoms with Gasteiger partial charge in [0.2, 0.25) is 0 Å². The molecule has 0 aliphatic carbocycles. The zero-order valence-corrected chi connectivity index (χ0v) is 20.5. The number of likely N-dealkylation sites (N-methyl/N-ethyl adjacent to an activating group) is 1. The molecule has 0 radical (unpaired) electrons. The molecule has 0 saturated carbocycles. The minimum absolute atomic E-state index is 0.121. The first-order chi connectivity index (χ1) is 15.2. The lowest BCUT2D eigenvalue weighted by atomic mass is 9.99. The van der Waals surface area contributed by atoms with E-state index in [1.54, 1.807) is 24.5 Å². The van der Waals surface area contributed by atoms with Crippen molar-refractivity contribution in [1.29, 1.82) is 0 Å². The zero-order valence-electron chi connectivity index (χ0n) is 19.6. The Morgan fingerprint density at radius 1 is 1.16 bits per heavy atom. The second-order valence-corrected chi connectivity index (χ2v) is 9.37. The van der Waals surface area contributed by atoms with Gasteiger partial charge >= 0.3 is 0 Å². The molecule has 7 nitrogen and oxygen atoms in total. The number of anilines is 1. The van der Waals surface area contributed by atoms with Crippen LogP contribution in [-0.2, 0) is 15.6 Å². The highest BCUT2D eigenvalue weighted by Crippen LogP contribution is 2.38. The summed E-state index contributed by atoms with van der Waals surface area (Å²) >= 11 is 0. The lowest BCUT2D eigenvalue weighted by Crippen LogP contribution is -2.35. The molecule has 172 valence electrons. The van der Waals surface area contributed by atoms with Crippen molar-refractivity contribution < 1.29 is 13.8 Å². The third kappa shape index (κ3) is 4.56. The maximum absolute atomic E-state index is 12.8. The fraction of sp³-hybridized carbons (Fsp3) is 0.417. The molecule has 0 fully saturated rings. The predicted octanol–water partition coefficient (Wildman–Crippen LogP) is 3.24. The van der Waals surface area contributed by atoms with E-state index >= 15 is 0 Å². The molecule has 1 aliphatic heterocycles. The van der Waals surface area contributed by atoms with Gasteiger partial charge in [-0.3, -0.25) is 13.8 Å². The molecule has 2 aromatic rings. The van der Waals surface area contributed by atoms with Gasteiger partial charge in [0.25, 0.3) is 11.8 Å².